The lowest BCUT2D eigenvalue weighted by Crippen LogP contribution is -2.30. The normalized spacial score (nSPS) is 11.9. The van der Waals surface area contributed by atoms with Crippen LogP contribution >= 0.6 is 34.5 Å². The number of anilines is 1. The molecule has 0 saturated heterocycles. The van der Waals surface area contributed by atoms with Gasteiger partial charge in [0.25, 0.3) is 5.91 Å². The lowest BCUT2D eigenvalue weighted by Gasteiger charge is -2.13. The first-order valence-electron chi connectivity index (χ1n) is 10.9. The van der Waals surface area contributed by atoms with Gasteiger partial charge in [-0.25, -0.2) is 14.8 Å². The maximum Gasteiger partial charge on any atom is 0.339 e. The zero-order valence-electron chi connectivity index (χ0n) is 18.8. The summed E-state index contributed by atoms with van der Waals surface area (Å²) in [5, 5.41) is 5.71. The van der Waals surface area contributed by atoms with Crippen LogP contribution in [0.1, 0.15) is 17.3 Å². The third-order valence-corrected chi connectivity index (χ3v) is 6.89. The number of carbonyl (C=O) groups excluding carboxylic acids is 2. The van der Waals surface area contributed by atoms with Crippen molar-refractivity contribution in [1.82, 2.24) is 15.0 Å². The van der Waals surface area contributed by atoms with Crippen LogP contribution in [0.5, 0.6) is 0 Å². The minimum atomic E-state index is -1.06. The summed E-state index contributed by atoms with van der Waals surface area (Å²) in [5.74, 6) is -0.595. The molecule has 0 aliphatic heterocycles. The summed E-state index contributed by atoms with van der Waals surface area (Å²) in [6.45, 7) is 1.50. The van der Waals surface area contributed by atoms with Crippen LogP contribution in [0.4, 0.5) is 5.13 Å². The van der Waals surface area contributed by atoms with Crippen LogP contribution in [-0.4, -0.2) is 32.9 Å². The van der Waals surface area contributed by atoms with E-state index in [1.165, 1.54) is 18.3 Å². The summed E-state index contributed by atoms with van der Waals surface area (Å²) < 4.78 is 5.48. The van der Waals surface area contributed by atoms with Gasteiger partial charge in [0.05, 0.1) is 32.3 Å². The van der Waals surface area contributed by atoms with Crippen LogP contribution in [0.15, 0.2) is 72.1 Å². The Morgan fingerprint density at radius 1 is 1.00 bits per heavy atom. The second-order valence-electron chi connectivity index (χ2n) is 7.85. The average molecular weight is 537 g/mol. The van der Waals surface area contributed by atoms with Crippen LogP contribution < -0.4 is 5.32 Å². The number of para-hydroxylation sites is 2. The Bertz CT molecular complexity index is 1560. The van der Waals surface area contributed by atoms with Crippen LogP contribution in [0, 0.1) is 0 Å². The Morgan fingerprint density at radius 3 is 2.58 bits per heavy atom. The minimum absolute atomic E-state index is 0.298. The fraction of sp³-hybridized carbons (Fsp3) is 0.0769. The number of imidazole rings is 1. The molecule has 0 radical (unpaired) electrons. The van der Waals surface area contributed by atoms with Crippen LogP contribution in [0.25, 0.3) is 33.7 Å². The molecule has 180 valence electrons. The van der Waals surface area contributed by atoms with E-state index in [4.69, 9.17) is 27.9 Å². The number of benzene rings is 3. The fourth-order valence-electron chi connectivity index (χ4n) is 3.55. The summed E-state index contributed by atoms with van der Waals surface area (Å²) in [7, 11) is 0. The molecule has 0 aliphatic rings. The highest BCUT2D eigenvalue weighted by molar-refractivity contribution is 7.14. The van der Waals surface area contributed by atoms with Crippen molar-refractivity contribution in [2.45, 2.75) is 13.0 Å². The average Bonchev–Trinajstić information content (AvgIpc) is 3.53. The van der Waals surface area contributed by atoms with Crippen molar-refractivity contribution in [2.24, 2.45) is 0 Å². The van der Waals surface area contributed by atoms with E-state index in [9.17, 15) is 9.59 Å². The lowest BCUT2D eigenvalue weighted by atomic mass is 10.1. The zero-order valence-corrected chi connectivity index (χ0v) is 21.1. The highest BCUT2D eigenvalue weighted by atomic mass is 35.5. The number of H-pyrrole nitrogens is 1. The molecule has 5 rings (SSSR count). The van der Waals surface area contributed by atoms with Crippen molar-refractivity contribution in [1.29, 1.82) is 0 Å². The molecule has 10 heteroatoms. The largest absolute Gasteiger partial charge is 0.449 e. The van der Waals surface area contributed by atoms with Crippen molar-refractivity contribution >= 4 is 62.6 Å². The lowest BCUT2D eigenvalue weighted by molar-refractivity contribution is -0.123. The minimum Gasteiger partial charge on any atom is -0.449 e. The summed E-state index contributed by atoms with van der Waals surface area (Å²) in [5.41, 5.74) is 3.92. The molecule has 2 aromatic heterocycles. The maximum atomic E-state index is 13.0. The molecule has 0 saturated carbocycles. The molecular weight excluding hydrogens is 519 g/mol. The number of amides is 1. The molecule has 2 heterocycles. The molecule has 1 amide bonds. The van der Waals surface area contributed by atoms with E-state index in [0.29, 0.717) is 37.8 Å². The number of thiazole rings is 1. The molecule has 0 spiro atoms. The van der Waals surface area contributed by atoms with Gasteiger partial charge < -0.3 is 9.72 Å². The van der Waals surface area contributed by atoms with Crippen molar-refractivity contribution in [3.8, 4) is 22.6 Å². The van der Waals surface area contributed by atoms with Crippen molar-refractivity contribution < 1.29 is 14.3 Å². The Balaban J connectivity index is 1.28. The number of hydrogen-bond acceptors (Lipinski definition) is 6. The summed E-state index contributed by atoms with van der Waals surface area (Å²) in [6.07, 6.45) is -1.06. The van der Waals surface area contributed by atoms with E-state index >= 15 is 0 Å². The highest BCUT2D eigenvalue weighted by Crippen LogP contribution is 2.31. The molecule has 2 N–H and O–H groups in total. The molecule has 36 heavy (non-hydrogen) atoms. The maximum absolute atomic E-state index is 13.0. The van der Waals surface area contributed by atoms with Gasteiger partial charge in [-0.05, 0) is 37.3 Å². The molecule has 0 aliphatic carbocycles. The van der Waals surface area contributed by atoms with Gasteiger partial charge in [0.2, 0.25) is 0 Å². The van der Waals surface area contributed by atoms with Gasteiger partial charge in [0, 0.05) is 16.5 Å². The number of hydrogen-bond donors (Lipinski definition) is 2. The van der Waals surface area contributed by atoms with Crippen LogP contribution in [-0.2, 0) is 9.53 Å². The third-order valence-electron chi connectivity index (χ3n) is 5.39. The third kappa shape index (κ3) is 4.97. The first-order chi connectivity index (χ1) is 17.4. The van der Waals surface area contributed by atoms with Crippen molar-refractivity contribution in [2.75, 3.05) is 5.32 Å². The standard InChI is InChI=1S/C26H18Cl2N4O3S/c1-14(24(33)32-26-31-22(13-36-26)15-10-11-18(27)19(28)12-15)35-25(34)17-7-3-2-6-16(17)23-29-20-8-4-5-9-21(20)30-23/h2-14H,1H3,(H,29,30)(H,31,32,33). The molecule has 3 aromatic carbocycles. The van der Waals surface area contributed by atoms with E-state index in [0.717, 1.165) is 16.6 Å². The van der Waals surface area contributed by atoms with Crippen molar-refractivity contribution in [3.63, 3.8) is 0 Å². The monoisotopic (exact) mass is 536 g/mol. The Hall–Kier alpha value is -3.72. The predicted molar refractivity (Wildman–Crippen MR) is 143 cm³/mol. The van der Waals surface area contributed by atoms with Gasteiger partial charge in [-0.2, -0.15) is 0 Å². The number of nitrogens with zero attached hydrogens (tertiary/aromatic N) is 2. The highest BCUT2D eigenvalue weighted by Gasteiger charge is 2.23. The molecular formula is C26H18Cl2N4O3S. The number of carbonyl (C=O) groups is 2. The Labute approximate surface area is 220 Å². The SMILES string of the molecule is CC(OC(=O)c1ccccc1-c1nc2ccccc2[nH]1)C(=O)Nc1nc(-c2ccc(Cl)c(Cl)c2)cs1. The van der Waals surface area contributed by atoms with E-state index in [1.54, 1.807) is 41.8 Å². The van der Waals surface area contributed by atoms with Gasteiger partial charge in [-0.3, -0.25) is 10.1 Å². The van der Waals surface area contributed by atoms with Crippen molar-refractivity contribution in [3.05, 3.63) is 87.7 Å². The summed E-state index contributed by atoms with van der Waals surface area (Å²) in [4.78, 5) is 37.9. The van der Waals surface area contributed by atoms with Gasteiger partial charge in [-0.1, -0.05) is 59.6 Å². The first-order valence-corrected chi connectivity index (χ1v) is 12.5. The smallest absolute Gasteiger partial charge is 0.339 e. The zero-order chi connectivity index (χ0) is 25.2. The second-order valence-corrected chi connectivity index (χ2v) is 9.52. The number of nitrogens with one attached hydrogen (secondary N) is 2. The topological polar surface area (TPSA) is 97.0 Å². The predicted octanol–water partition coefficient (Wildman–Crippen LogP) is 6.84. The fourth-order valence-corrected chi connectivity index (χ4v) is 4.57. The Kier molecular flexibility index (Phi) is 6.73. The van der Waals surface area contributed by atoms with Gasteiger partial charge in [0.1, 0.15) is 5.82 Å². The van der Waals surface area contributed by atoms with E-state index in [2.05, 4.69) is 20.3 Å². The molecule has 7 nitrogen and oxygen atoms in total. The first kappa shape index (κ1) is 24.0. The summed E-state index contributed by atoms with van der Waals surface area (Å²) in [6, 6.07) is 19.7. The molecule has 1 atom stereocenters. The van der Waals surface area contributed by atoms with Gasteiger partial charge in [0.15, 0.2) is 11.2 Å². The number of rotatable bonds is 6. The van der Waals surface area contributed by atoms with Crippen LogP contribution in [0.2, 0.25) is 10.0 Å². The molecule has 1 unspecified atom stereocenters. The number of esters is 1. The van der Waals surface area contributed by atoms with Gasteiger partial charge in [-0.15, -0.1) is 11.3 Å². The van der Waals surface area contributed by atoms with E-state index < -0.39 is 18.0 Å². The number of aromatic amines is 1. The van der Waals surface area contributed by atoms with Crippen LogP contribution in [0.3, 0.4) is 0 Å². The van der Waals surface area contributed by atoms with E-state index in [1.807, 2.05) is 30.3 Å². The molecule has 0 bridgehead atoms. The number of fused-ring (bicyclic) bond motifs is 1. The number of aromatic nitrogens is 3. The quantitative estimate of drug-likeness (QED) is 0.231. The number of ether oxygens (including phenoxy) is 1. The molecule has 5 aromatic rings. The van der Waals surface area contributed by atoms with Gasteiger partial charge >= 0.3 is 5.97 Å². The summed E-state index contributed by atoms with van der Waals surface area (Å²) >= 11 is 13.3. The second kappa shape index (κ2) is 10.1. The number of halogens is 2. The molecule has 0 fully saturated rings. The Morgan fingerprint density at radius 2 is 1.78 bits per heavy atom. The van der Waals surface area contributed by atoms with E-state index in [-0.39, 0.29) is 0 Å².